The molecule has 1 aromatic heterocycles. The number of carbonyl (C=O) groups excluding carboxylic acids is 3. The lowest BCUT2D eigenvalue weighted by Crippen LogP contribution is -2.46. The maximum atomic E-state index is 12.1. The number of anilines is 1. The molecule has 0 aliphatic heterocycles. The first kappa shape index (κ1) is 17.2. The van der Waals surface area contributed by atoms with Gasteiger partial charge in [-0.05, 0) is 18.4 Å². The van der Waals surface area contributed by atoms with E-state index in [4.69, 9.17) is 0 Å². The smallest absolute Gasteiger partial charge is 0.350 e. The van der Waals surface area contributed by atoms with Crippen LogP contribution in [-0.4, -0.2) is 30.9 Å². The topological polar surface area (TPSA) is 84.5 Å². The zero-order valence-corrected chi connectivity index (χ0v) is 13.6. The van der Waals surface area contributed by atoms with Crippen molar-refractivity contribution < 1.29 is 19.1 Å². The van der Waals surface area contributed by atoms with Gasteiger partial charge in [0.2, 0.25) is 11.8 Å². The predicted octanol–water partition coefficient (Wildman–Crippen LogP) is 2.02. The van der Waals surface area contributed by atoms with Crippen LogP contribution < -0.4 is 10.6 Å². The summed E-state index contributed by atoms with van der Waals surface area (Å²) < 4.78 is 4.64. The van der Waals surface area contributed by atoms with Gasteiger partial charge in [0.1, 0.15) is 10.9 Å². The van der Waals surface area contributed by atoms with Gasteiger partial charge in [0, 0.05) is 5.41 Å². The van der Waals surface area contributed by atoms with Crippen LogP contribution in [0.25, 0.3) is 0 Å². The standard InChI is InChI=1S/C14H20N2O4S/c1-8(15-13(19)14(2,3)4)11(17)16-9-6-7-21-10(9)12(18)20-5/h6-8H,1-5H3,(H,15,19)(H,16,17). The van der Waals surface area contributed by atoms with E-state index in [1.165, 1.54) is 18.4 Å². The number of carbonyl (C=O) groups is 3. The number of methoxy groups -OCH3 is 1. The molecule has 0 saturated carbocycles. The molecule has 21 heavy (non-hydrogen) atoms. The van der Waals surface area contributed by atoms with Crippen LogP contribution in [0.1, 0.15) is 37.4 Å². The number of hydrogen-bond donors (Lipinski definition) is 2. The van der Waals surface area contributed by atoms with Crippen LogP contribution in [0.3, 0.4) is 0 Å². The Balaban J connectivity index is 2.72. The fourth-order valence-corrected chi connectivity index (χ4v) is 2.14. The molecule has 6 nitrogen and oxygen atoms in total. The molecular formula is C14H20N2O4S. The predicted molar refractivity (Wildman–Crippen MR) is 81.3 cm³/mol. The van der Waals surface area contributed by atoms with Gasteiger partial charge in [-0.25, -0.2) is 4.79 Å². The Kier molecular flexibility index (Phi) is 5.48. The highest BCUT2D eigenvalue weighted by Crippen LogP contribution is 2.23. The first-order valence-electron chi connectivity index (χ1n) is 6.44. The van der Waals surface area contributed by atoms with E-state index in [0.717, 1.165) is 0 Å². The lowest BCUT2D eigenvalue weighted by Gasteiger charge is -2.21. The van der Waals surface area contributed by atoms with Crippen molar-refractivity contribution in [3.8, 4) is 0 Å². The summed E-state index contributed by atoms with van der Waals surface area (Å²) in [5, 5.41) is 6.93. The maximum absolute atomic E-state index is 12.1. The zero-order chi connectivity index (χ0) is 16.2. The van der Waals surface area contributed by atoms with Gasteiger partial charge in [-0.3, -0.25) is 9.59 Å². The normalized spacial score (nSPS) is 12.4. The molecule has 0 radical (unpaired) electrons. The van der Waals surface area contributed by atoms with E-state index in [0.29, 0.717) is 10.6 Å². The van der Waals surface area contributed by atoms with Crippen molar-refractivity contribution in [3.63, 3.8) is 0 Å². The summed E-state index contributed by atoms with van der Waals surface area (Å²) in [6, 6.07) is 0.912. The third kappa shape index (κ3) is 4.56. The van der Waals surface area contributed by atoms with E-state index in [2.05, 4.69) is 15.4 Å². The zero-order valence-electron chi connectivity index (χ0n) is 12.8. The lowest BCUT2D eigenvalue weighted by molar-refractivity contribution is -0.131. The van der Waals surface area contributed by atoms with Crippen LogP contribution in [0.4, 0.5) is 5.69 Å². The SMILES string of the molecule is COC(=O)c1sccc1NC(=O)C(C)NC(=O)C(C)(C)C. The molecule has 2 N–H and O–H groups in total. The minimum Gasteiger partial charge on any atom is -0.465 e. The number of amides is 2. The van der Waals surface area contributed by atoms with E-state index >= 15 is 0 Å². The fraction of sp³-hybridized carbons (Fsp3) is 0.500. The van der Waals surface area contributed by atoms with Gasteiger partial charge >= 0.3 is 5.97 Å². The van der Waals surface area contributed by atoms with Crippen molar-refractivity contribution in [2.24, 2.45) is 5.41 Å². The summed E-state index contributed by atoms with van der Waals surface area (Å²) in [7, 11) is 1.28. The van der Waals surface area contributed by atoms with Crippen molar-refractivity contribution in [3.05, 3.63) is 16.3 Å². The molecule has 0 bridgehead atoms. The van der Waals surface area contributed by atoms with Crippen molar-refractivity contribution in [2.75, 3.05) is 12.4 Å². The van der Waals surface area contributed by atoms with E-state index in [9.17, 15) is 14.4 Å². The van der Waals surface area contributed by atoms with Gasteiger partial charge in [-0.1, -0.05) is 20.8 Å². The fourth-order valence-electron chi connectivity index (χ4n) is 1.38. The summed E-state index contributed by atoms with van der Waals surface area (Å²) in [5.74, 6) is -1.12. The second kappa shape index (κ2) is 6.71. The highest BCUT2D eigenvalue weighted by Gasteiger charge is 2.26. The highest BCUT2D eigenvalue weighted by molar-refractivity contribution is 7.12. The van der Waals surface area contributed by atoms with Crippen LogP contribution in [-0.2, 0) is 14.3 Å². The number of ether oxygens (including phenoxy) is 1. The van der Waals surface area contributed by atoms with E-state index in [1.807, 2.05) is 0 Å². The second-order valence-electron chi connectivity index (χ2n) is 5.59. The van der Waals surface area contributed by atoms with Gasteiger partial charge in [-0.15, -0.1) is 11.3 Å². The summed E-state index contributed by atoms with van der Waals surface area (Å²) in [6.45, 7) is 6.88. The third-order valence-corrected chi connectivity index (χ3v) is 3.61. The third-order valence-electron chi connectivity index (χ3n) is 2.72. The minimum atomic E-state index is -0.706. The second-order valence-corrected chi connectivity index (χ2v) is 6.51. The van der Waals surface area contributed by atoms with Gasteiger partial charge in [0.15, 0.2) is 0 Å². The Morgan fingerprint density at radius 2 is 1.90 bits per heavy atom. The summed E-state index contributed by atoms with van der Waals surface area (Å²) >= 11 is 1.18. The molecule has 1 heterocycles. The van der Waals surface area contributed by atoms with Crippen LogP contribution in [0.15, 0.2) is 11.4 Å². The van der Waals surface area contributed by atoms with Crippen LogP contribution in [0.5, 0.6) is 0 Å². The van der Waals surface area contributed by atoms with Crippen molar-refractivity contribution in [2.45, 2.75) is 33.7 Å². The molecule has 0 fully saturated rings. The maximum Gasteiger partial charge on any atom is 0.350 e. The first-order valence-corrected chi connectivity index (χ1v) is 7.32. The number of hydrogen-bond acceptors (Lipinski definition) is 5. The Morgan fingerprint density at radius 3 is 2.43 bits per heavy atom. The average Bonchev–Trinajstić information content (AvgIpc) is 2.84. The first-order chi connectivity index (χ1) is 9.66. The quantitative estimate of drug-likeness (QED) is 0.833. The van der Waals surface area contributed by atoms with Crippen LogP contribution in [0, 0.1) is 5.41 Å². The molecule has 0 spiro atoms. The van der Waals surface area contributed by atoms with Gasteiger partial charge < -0.3 is 15.4 Å². The molecule has 7 heteroatoms. The summed E-state index contributed by atoms with van der Waals surface area (Å²) in [4.78, 5) is 35.7. The molecule has 1 unspecified atom stereocenters. The van der Waals surface area contributed by atoms with Crippen LogP contribution >= 0.6 is 11.3 Å². The van der Waals surface area contributed by atoms with Gasteiger partial charge in [0.05, 0.1) is 12.8 Å². The summed E-state index contributed by atoms with van der Waals surface area (Å²) in [5.41, 5.74) is -0.192. The Morgan fingerprint density at radius 1 is 1.29 bits per heavy atom. The molecule has 0 saturated heterocycles. The molecule has 0 aliphatic rings. The lowest BCUT2D eigenvalue weighted by atomic mass is 9.95. The molecule has 116 valence electrons. The van der Waals surface area contributed by atoms with E-state index in [-0.39, 0.29) is 5.91 Å². The monoisotopic (exact) mass is 312 g/mol. The van der Waals surface area contributed by atoms with Crippen molar-refractivity contribution in [1.29, 1.82) is 0 Å². The number of thiophene rings is 1. The Labute approximate surface area is 127 Å². The largest absolute Gasteiger partial charge is 0.465 e. The highest BCUT2D eigenvalue weighted by atomic mass is 32.1. The van der Waals surface area contributed by atoms with Crippen LogP contribution in [0.2, 0.25) is 0 Å². The van der Waals surface area contributed by atoms with E-state index < -0.39 is 23.3 Å². The Bertz CT molecular complexity index is 545. The number of esters is 1. The number of nitrogens with one attached hydrogen (secondary N) is 2. The molecule has 0 aromatic carbocycles. The van der Waals surface area contributed by atoms with Crippen molar-refractivity contribution in [1.82, 2.24) is 5.32 Å². The molecular weight excluding hydrogens is 292 g/mol. The average molecular weight is 312 g/mol. The van der Waals surface area contributed by atoms with Crippen molar-refractivity contribution >= 4 is 34.8 Å². The van der Waals surface area contributed by atoms with Gasteiger partial charge in [-0.2, -0.15) is 0 Å². The summed E-state index contributed by atoms with van der Waals surface area (Å²) in [6.07, 6.45) is 0. The van der Waals surface area contributed by atoms with E-state index in [1.54, 1.807) is 39.1 Å². The molecule has 2 amide bonds. The Hall–Kier alpha value is -1.89. The molecule has 1 aromatic rings. The van der Waals surface area contributed by atoms with Gasteiger partial charge in [0.25, 0.3) is 0 Å². The minimum absolute atomic E-state index is 0.219. The molecule has 1 atom stereocenters. The molecule has 1 rings (SSSR count). The molecule has 0 aliphatic carbocycles. The number of rotatable bonds is 4.